The molecular formula is C19H17NO5. The fourth-order valence-electron chi connectivity index (χ4n) is 2.21. The van der Waals surface area contributed by atoms with Gasteiger partial charge in [-0.05, 0) is 35.9 Å². The molecule has 0 saturated heterocycles. The van der Waals surface area contributed by atoms with Gasteiger partial charge in [0.25, 0.3) is 0 Å². The van der Waals surface area contributed by atoms with Gasteiger partial charge in [-0.2, -0.15) is 5.26 Å². The van der Waals surface area contributed by atoms with Crippen LogP contribution in [0.1, 0.15) is 15.9 Å². The first-order valence-corrected chi connectivity index (χ1v) is 7.32. The summed E-state index contributed by atoms with van der Waals surface area (Å²) in [6.45, 7) is 0. The third-order valence-corrected chi connectivity index (χ3v) is 3.37. The first kappa shape index (κ1) is 17.9. The summed E-state index contributed by atoms with van der Waals surface area (Å²) in [6, 6.07) is 11.9. The van der Waals surface area contributed by atoms with Gasteiger partial charge in [0.15, 0.2) is 11.5 Å². The molecule has 2 aromatic rings. The zero-order valence-corrected chi connectivity index (χ0v) is 14.1. The summed E-state index contributed by atoms with van der Waals surface area (Å²) in [4.78, 5) is 12.6. The lowest BCUT2D eigenvalue weighted by Crippen LogP contribution is -2.12. The van der Waals surface area contributed by atoms with Crippen LogP contribution in [-0.4, -0.2) is 27.3 Å². The van der Waals surface area contributed by atoms with Gasteiger partial charge in [-0.25, -0.2) is 4.79 Å². The van der Waals surface area contributed by atoms with Crippen molar-refractivity contribution in [2.75, 3.05) is 21.3 Å². The quantitative estimate of drug-likeness (QED) is 0.455. The number of ether oxygens (including phenoxy) is 4. The molecule has 0 saturated carbocycles. The average Bonchev–Trinajstić information content (AvgIpc) is 2.66. The Morgan fingerprint density at radius 1 is 0.960 bits per heavy atom. The summed E-state index contributed by atoms with van der Waals surface area (Å²) in [5.41, 5.74) is 0.927. The van der Waals surface area contributed by atoms with Crippen LogP contribution in [-0.2, 0) is 0 Å². The minimum atomic E-state index is -0.632. The van der Waals surface area contributed by atoms with E-state index in [0.29, 0.717) is 17.2 Å². The topological polar surface area (TPSA) is 77.8 Å². The molecule has 0 aromatic heterocycles. The maximum absolute atomic E-state index is 12.6. The van der Waals surface area contributed by atoms with Gasteiger partial charge in [0, 0.05) is 6.08 Å². The standard InChI is InChI=1S/C19H17NO5/c1-22-15-7-4-8-16(23-2)18(15)19(21)25-14-10-9-13(6-5-11-20)12-17(14)24-3/h4-10,12H,1-3H3/b6-5-. The third kappa shape index (κ3) is 4.09. The largest absolute Gasteiger partial charge is 0.496 e. The number of esters is 1. The van der Waals surface area contributed by atoms with E-state index in [1.807, 2.05) is 6.07 Å². The maximum atomic E-state index is 12.6. The maximum Gasteiger partial charge on any atom is 0.351 e. The van der Waals surface area contributed by atoms with Gasteiger partial charge in [-0.15, -0.1) is 0 Å². The second-order valence-corrected chi connectivity index (χ2v) is 4.80. The van der Waals surface area contributed by atoms with Crippen LogP contribution in [0, 0.1) is 11.3 Å². The summed E-state index contributed by atoms with van der Waals surface area (Å²) >= 11 is 0. The summed E-state index contributed by atoms with van der Waals surface area (Å²) < 4.78 is 21.1. The van der Waals surface area contributed by atoms with Crippen molar-refractivity contribution in [1.29, 1.82) is 5.26 Å². The van der Waals surface area contributed by atoms with Crippen LogP contribution in [0.3, 0.4) is 0 Å². The third-order valence-electron chi connectivity index (χ3n) is 3.37. The number of benzene rings is 2. The van der Waals surface area contributed by atoms with Crippen molar-refractivity contribution in [1.82, 2.24) is 0 Å². The van der Waals surface area contributed by atoms with E-state index in [0.717, 1.165) is 5.56 Å². The van der Waals surface area contributed by atoms with E-state index < -0.39 is 5.97 Å². The van der Waals surface area contributed by atoms with Gasteiger partial charge in [-0.1, -0.05) is 12.1 Å². The van der Waals surface area contributed by atoms with Crippen molar-refractivity contribution in [3.05, 3.63) is 53.6 Å². The summed E-state index contributed by atoms with van der Waals surface area (Å²) in [5, 5.41) is 8.59. The number of methoxy groups -OCH3 is 3. The second-order valence-electron chi connectivity index (χ2n) is 4.80. The zero-order chi connectivity index (χ0) is 18.2. The average molecular weight is 339 g/mol. The van der Waals surface area contributed by atoms with Crippen molar-refractivity contribution in [2.24, 2.45) is 0 Å². The zero-order valence-electron chi connectivity index (χ0n) is 14.1. The van der Waals surface area contributed by atoms with E-state index in [9.17, 15) is 4.79 Å². The molecule has 6 heteroatoms. The molecule has 0 spiro atoms. The van der Waals surface area contributed by atoms with Gasteiger partial charge in [0.2, 0.25) is 0 Å². The predicted octanol–water partition coefficient (Wildman–Crippen LogP) is 3.47. The van der Waals surface area contributed by atoms with E-state index in [2.05, 4.69) is 0 Å². The van der Waals surface area contributed by atoms with Crippen molar-refractivity contribution in [2.45, 2.75) is 0 Å². The molecular weight excluding hydrogens is 322 g/mol. The Hall–Kier alpha value is -3.46. The van der Waals surface area contributed by atoms with Crippen LogP contribution in [0.2, 0.25) is 0 Å². The molecule has 0 atom stereocenters. The fourth-order valence-corrected chi connectivity index (χ4v) is 2.21. The van der Waals surface area contributed by atoms with Crippen LogP contribution in [0.15, 0.2) is 42.5 Å². The lowest BCUT2D eigenvalue weighted by Gasteiger charge is -2.14. The minimum Gasteiger partial charge on any atom is -0.496 e. The fraction of sp³-hybridized carbons (Fsp3) is 0.158. The molecule has 128 valence electrons. The van der Waals surface area contributed by atoms with E-state index in [1.165, 1.54) is 27.4 Å². The van der Waals surface area contributed by atoms with E-state index >= 15 is 0 Å². The Balaban J connectivity index is 2.36. The van der Waals surface area contributed by atoms with Crippen LogP contribution in [0.25, 0.3) is 6.08 Å². The number of rotatable bonds is 6. The highest BCUT2D eigenvalue weighted by Gasteiger charge is 2.21. The van der Waals surface area contributed by atoms with Crippen molar-refractivity contribution < 1.29 is 23.7 Å². The SMILES string of the molecule is COc1cc(/C=C\C#N)ccc1OC(=O)c1c(OC)cccc1OC. The number of hydrogen-bond donors (Lipinski definition) is 0. The molecule has 0 fully saturated rings. The van der Waals surface area contributed by atoms with Crippen LogP contribution >= 0.6 is 0 Å². The molecule has 25 heavy (non-hydrogen) atoms. The summed E-state index contributed by atoms with van der Waals surface area (Å²) in [6.07, 6.45) is 2.97. The second kappa shape index (κ2) is 8.41. The predicted molar refractivity (Wildman–Crippen MR) is 92.1 cm³/mol. The molecule has 0 amide bonds. The van der Waals surface area contributed by atoms with Crippen molar-refractivity contribution >= 4 is 12.0 Å². The smallest absolute Gasteiger partial charge is 0.351 e. The highest BCUT2D eigenvalue weighted by atomic mass is 16.6. The van der Waals surface area contributed by atoms with Crippen LogP contribution in [0.5, 0.6) is 23.0 Å². The number of nitriles is 1. The number of hydrogen-bond acceptors (Lipinski definition) is 6. The lowest BCUT2D eigenvalue weighted by atomic mass is 10.1. The molecule has 2 aromatic carbocycles. The van der Waals surface area contributed by atoms with Gasteiger partial charge >= 0.3 is 5.97 Å². The van der Waals surface area contributed by atoms with Crippen molar-refractivity contribution in [3.63, 3.8) is 0 Å². The van der Waals surface area contributed by atoms with Gasteiger partial charge in [-0.3, -0.25) is 0 Å². The molecule has 0 aliphatic carbocycles. The minimum absolute atomic E-state index is 0.183. The van der Waals surface area contributed by atoms with Gasteiger partial charge in [0.05, 0.1) is 27.4 Å². The number of nitrogens with zero attached hydrogens (tertiary/aromatic N) is 1. The molecule has 6 nitrogen and oxygen atoms in total. The molecule has 0 aliphatic rings. The molecule has 0 heterocycles. The first-order valence-electron chi connectivity index (χ1n) is 7.32. The highest BCUT2D eigenvalue weighted by molar-refractivity contribution is 5.97. The number of carbonyl (C=O) groups is 1. The number of allylic oxidation sites excluding steroid dienone is 1. The Morgan fingerprint density at radius 3 is 2.16 bits per heavy atom. The number of carbonyl (C=O) groups excluding carboxylic acids is 1. The summed E-state index contributed by atoms with van der Waals surface area (Å²) in [5.74, 6) is 0.665. The molecule has 0 unspecified atom stereocenters. The molecule has 0 bridgehead atoms. The van der Waals surface area contributed by atoms with E-state index in [4.69, 9.17) is 24.2 Å². The Morgan fingerprint density at radius 2 is 1.60 bits per heavy atom. The van der Waals surface area contributed by atoms with Gasteiger partial charge < -0.3 is 18.9 Å². The normalized spacial score (nSPS) is 10.2. The highest BCUT2D eigenvalue weighted by Crippen LogP contribution is 2.33. The van der Waals surface area contributed by atoms with E-state index in [1.54, 1.807) is 42.5 Å². The monoisotopic (exact) mass is 339 g/mol. The lowest BCUT2D eigenvalue weighted by molar-refractivity contribution is 0.0722. The molecule has 0 N–H and O–H groups in total. The van der Waals surface area contributed by atoms with Gasteiger partial charge in [0.1, 0.15) is 17.1 Å². The molecule has 0 radical (unpaired) electrons. The Bertz CT molecular complexity index is 814. The Labute approximate surface area is 145 Å². The Kier molecular flexibility index (Phi) is 6.02. The summed E-state index contributed by atoms with van der Waals surface area (Å²) in [7, 11) is 4.39. The van der Waals surface area contributed by atoms with Crippen LogP contribution < -0.4 is 18.9 Å². The van der Waals surface area contributed by atoms with Crippen LogP contribution in [0.4, 0.5) is 0 Å². The van der Waals surface area contributed by atoms with E-state index in [-0.39, 0.29) is 11.3 Å². The molecule has 0 aliphatic heterocycles. The first-order chi connectivity index (χ1) is 12.1. The van der Waals surface area contributed by atoms with Crippen molar-refractivity contribution in [3.8, 4) is 29.1 Å². The molecule has 2 rings (SSSR count).